The Hall–Kier alpha value is -0.770. The van der Waals surface area contributed by atoms with Gasteiger partial charge in [0.15, 0.2) is 5.96 Å². The monoisotopic (exact) mass is 522 g/mol. The highest BCUT2D eigenvalue weighted by molar-refractivity contribution is 14.0. The van der Waals surface area contributed by atoms with Crippen LogP contribution in [0.2, 0.25) is 5.02 Å². The third-order valence-electron chi connectivity index (χ3n) is 4.99. The molecule has 2 heterocycles. The molecule has 0 spiro atoms. The van der Waals surface area contributed by atoms with Gasteiger partial charge in [-0.25, -0.2) is 4.99 Å². The van der Waals surface area contributed by atoms with Gasteiger partial charge >= 0.3 is 0 Å². The summed E-state index contributed by atoms with van der Waals surface area (Å²) < 4.78 is 11.4. The van der Waals surface area contributed by atoms with Gasteiger partial charge in [-0.05, 0) is 38.5 Å². The van der Waals surface area contributed by atoms with E-state index in [1.54, 1.807) is 0 Å². The first kappa shape index (κ1) is 23.5. The first-order valence-corrected chi connectivity index (χ1v) is 10.3. The van der Waals surface area contributed by atoms with E-state index in [1.165, 1.54) is 6.42 Å². The number of halogens is 2. The van der Waals surface area contributed by atoms with Crippen molar-refractivity contribution >= 4 is 41.5 Å². The van der Waals surface area contributed by atoms with Gasteiger partial charge in [-0.3, -0.25) is 4.90 Å². The normalized spacial score (nSPS) is 21.9. The summed E-state index contributed by atoms with van der Waals surface area (Å²) in [6.45, 7) is 11.5. The zero-order valence-corrected chi connectivity index (χ0v) is 19.9. The summed E-state index contributed by atoms with van der Waals surface area (Å²) in [5.41, 5.74) is 0. The van der Waals surface area contributed by atoms with Gasteiger partial charge in [0.1, 0.15) is 11.9 Å². The number of rotatable bonds is 6. The molecule has 0 bridgehead atoms. The van der Waals surface area contributed by atoms with Crippen LogP contribution in [-0.2, 0) is 4.74 Å². The summed E-state index contributed by atoms with van der Waals surface area (Å²) in [4.78, 5) is 9.75. The highest BCUT2D eigenvalue weighted by Gasteiger charge is 2.30. The SMILES string of the molecule is CCNC(=NCC(C)Oc1cccc(Cl)c1)N1CCC(N2CCOCC2)C1.I. The predicted molar refractivity (Wildman–Crippen MR) is 125 cm³/mol. The van der Waals surface area contributed by atoms with Crippen LogP contribution in [0.15, 0.2) is 29.3 Å². The quantitative estimate of drug-likeness (QED) is 0.354. The molecular formula is C20H32ClIN4O2. The number of guanidine groups is 1. The van der Waals surface area contributed by atoms with Crippen LogP contribution in [0.1, 0.15) is 20.3 Å². The molecule has 2 unspecified atom stereocenters. The molecule has 28 heavy (non-hydrogen) atoms. The largest absolute Gasteiger partial charge is 0.489 e. The molecule has 2 aliphatic rings. The molecule has 158 valence electrons. The van der Waals surface area contributed by atoms with Crippen LogP contribution in [0.25, 0.3) is 0 Å². The number of hydrogen-bond acceptors (Lipinski definition) is 4. The summed E-state index contributed by atoms with van der Waals surface area (Å²) in [5.74, 6) is 1.76. The molecule has 2 saturated heterocycles. The summed E-state index contributed by atoms with van der Waals surface area (Å²) in [6.07, 6.45) is 1.16. The van der Waals surface area contributed by atoms with E-state index >= 15 is 0 Å². The standard InChI is InChI=1S/C20H31ClN4O2.HI/c1-3-22-20(23-14-16(2)27-19-6-4-5-17(21)13-19)25-8-7-18(15-25)24-9-11-26-12-10-24;/h4-6,13,16,18H,3,7-12,14-15H2,1-2H3,(H,22,23);1H. The predicted octanol–water partition coefficient (Wildman–Crippen LogP) is 3.10. The molecule has 2 fully saturated rings. The van der Waals surface area contributed by atoms with Crippen molar-refractivity contribution in [2.24, 2.45) is 4.99 Å². The van der Waals surface area contributed by atoms with Gasteiger partial charge in [-0.1, -0.05) is 17.7 Å². The molecule has 2 aliphatic heterocycles. The van der Waals surface area contributed by atoms with Gasteiger partial charge in [-0.2, -0.15) is 0 Å². The maximum atomic E-state index is 6.02. The first-order valence-electron chi connectivity index (χ1n) is 9.93. The Balaban J connectivity index is 0.00000280. The molecule has 3 rings (SSSR count). The maximum Gasteiger partial charge on any atom is 0.194 e. The Morgan fingerprint density at radius 2 is 2.14 bits per heavy atom. The van der Waals surface area contributed by atoms with Gasteiger partial charge in [-0.15, -0.1) is 24.0 Å². The molecule has 2 atom stereocenters. The average molecular weight is 523 g/mol. The number of ether oxygens (including phenoxy) is 2. The molecule has 1 N–H and O–H groups in total. The van der Waals surface area contributed by atoms with Gasteiger partial charge in [0, 0.05) is 43.8 Å². The second-order valence-corrected chi connectivity index (χ2v) is 7.55. The van der Waals surface area contributed by atoms with Crippen molar-refractivity contribution < 1.29 is 9.47 Å². The Morgan fingerprint density at radius 1 is 1.36 bits per heavy atom. The van der Waals surface area contributed by atoms with Gasteiger partial charge in [0.05, 0.1) is 19.8 Å². The van der Waals surface area contributed by atoms with Gasteiger partial charge in [0.25, 0.3) is 0 Å². The first-order chi connectivity index (χ1) is 13.2. The summed E-state index contributed by atoms with van der Waals surface area (Å²) in [6, 6.07) is 8.09. The molecule has 6 nitrogen and oxygen atoms in total. The van der Waals surface area contributed by atoms with Crippen LogP contribution in [0, 0.1) is 0 Å². The van der Waals surface area contributed by atoms with Crippen LogP contribution in [0.3, 0.4) is 0 Å². The topological polar surface area (TPSA) is 49.3 Å². The van der Waals surface area contributed by atoms with Crippen LogP contribution >= 0.6 is 35.6 Å². The minimum atomic E-state index is -0.0187. The second-order valence-electron chi connectivity index (χ2n) is 7.12. The van der Waals surface area contributed by atoms with Crippen LogP contribution in [0.5, 0.6) is 5.75 Å². The van der Waals surface area contributed by atoms with Crippen molar-refractivity contribution in [3.63, 3.8) is 0 Å². The van der Waals surface area contributed by atoms with Crippen molar-refractivity contribution in [1.82, 2.24) is 15.1 Å². The molecule has 1 aromatic carbocycles. The third-order valence-corrected chi connectivity index (χ3v) is 5.23. The minimum Gasteiger partial charge on any atom is -0.489 e. The fourth-order valence-electron chi connectivity index (χ4n) is 3.63. The van der Waals surface area contributed by atoms with E-state index in [2.05, 4.69) is 22.0 Å². The van der Waals surface area contributed by atoms with Crippen LogP contribution in [0.4, 0.5) is 0 Å². The molecular weight excluding hydrogens is 491 g/mol. The lowest BCUT2D eigenvalue weighted by Crippen LogP contribution is -2.46. The summed E-state index contributed by atoms with van der Waals surface area (Å²) in [7, 11) is 0. The lowest BCUT2D eigenvalue weighted by molar-refractivity contribution is 0.0195. The molecule has 0 amide bonds. The zero-order chi connectivity index (χ0) is 19.1. The fourth-order valence-corrected chi connectivity index (χ4v) is 3.81. The highest BCUT2D eigenvalue weighted by atomic mass is 127. The molecule has 1 aromatic rings. The van der Waals surface area contributed by atoms with Gasteiger partial charge < -0.3 is 19.7 Å². The summed E-state index contributed by atoms with van der Waals surface area (Å²) >= 11 is 6.02. The van der Waals surface area contributed by atoms with Crippen LogP contribution < -0.4 is 10.1 Å². The average Bonchev–Trinajstić information content (AvgIpc) is 3.16. The minimum absolute atomic E-state index is 0. The van der Waals surface area contributed by atoms with E-state index in [-0.39, 0.29) is 30.1 Å². The van der Waals surface area contributed by atoms with Crippen molar-refractivity contribution in [3.05, 3.63) is 29.3 Å². The van der Waals surface area contributed by atoms with Crippen molar-refractivity contribution in [1.29, 1.82) is 0 Å². The number of aliphatic imine (C=N–C) groups is 1. The molecule has 8 heteroatoms. The van der Waals surface area contributed by atoms with E-state index in [1.807, 2.05) is 31.2 Å². The van der Waals surface area contributed by atoms with E-state index in [4.69, 9.17) is 26.1 Å². The second kappa shape index (κ2) is 12.0. The van der Waals surface area contributed by atoms with E-state index in [9.17, 15) is 0 Å². The Labute approximate surface area is 190 Å². The molecule has 0 radical (unpaired) electrons. The van der Waals surface area contributed by atoms with E-state index < -0.39 is 0 Å². The summed E-state index contributed by atoms with van der Waals surface area (Å²) in [5, 5.41) is 4.12. The third kappa shape index (κ3) is 6.93. The van der Waals surface area contributed by atoms with Crippen molar-refractivity contribution in [3.8, 4) is 5.75 Å². The number of benzene rings is 1. The highest BCUT2D eigenvalue weighted by Crippen LogP contribution is 2.19. The van der Waals surface area contributed by atoms with Gasteiger partial charge in [0.2, 0.25) is 0 Å². The zero-order valence-electron chi connectivity index (χ0n) is 16.8. The number of nitrogens with one attached hydrogen (secondary N) is 1. The Bertz CT molecular complexity index is 628. The van der Waals surface area contributed by atoms with Crippen molar-refractivity contribution in [2.45, 2.75) is 32.4 Å². The Morgan fingerprint density at radius 3 is 2.86 bits per heavy atom. The number of hydrogen-bond donors (Lipinski definition) is 1. The van der Waals surface area contributed by atoms with Crippen molar-refractivity contribution in [2.75, 3.05) is 52.5 Å². The van der Waals surface area contributed by atoms with E-state index in [0.717, 1.165) is 57.6 Å². The number of nitrogens with zero attached hydrogens (tertiary/aromatic N) is 3. The number of morpholine rings is 1. The number of likely N-dealkylation sites (tertiary alicyclic amines) is 1. The lowest BCUT2D eigenvalue weighted by Gasteiger charge is -2.32. The molecule has 0 aromatic heterocycles. The maximum absolute atomic E-state index is 6.02. The molecule has 0 saturated carbocycles. The van der Waals surface area contributed by atoms with Crippen LogP contribution in [-0.4, -0.2) is 80.4 Å². The smallest absolute Gasteiger partial charge is 0.194 e. The van der Waals surface area contributed by atoms with E-state index in [0.29, 0.717) is 17.6 Å². The fraction of sp³-hybridized carbons (Fsp3) is 0.650. The lowest BCUT2D eigenvalue weighted by atomic mass is 10.2. The molecule has 0 aliphatic carbocycles. The Kier molecular flexibility index (Phi) is 10.1.